The fourth-order valence-electron chi connectivity index (χ4n) is 2.42. The second-order valence-electron chi connectivity index (χ2n) is 5.20. The van der Waals surface area contributed by atoms with Gasteiger partial charge in [0.05, 0.1) is 0 Å². The molecule has 0 aromatic heterocycles. The molecule has 3 aromatic rings. The molecule has 0 saturated heterocycles. The maximum atomic E-state index is 11.1. The molecule has 3 aromatic carbocycles. The Morgan fingerprint density at radius 3 is 2.17 bits per heavy atom. The molecule has 0 saturated carbocycles. The molecule has 0 aliphatic rings. The van der Waals surface area contributed by atoms with E-state index in [1.54, 1.807) is 24.3 Å². The molecule has 0 aliphatic carbocycles. The third-order valence-corrected chi connectivity index (χ3v) is 3.64. The van der Waals surface area contributed by atoms with Crippen LogP contribution in [0.15, 0.2) is 78.9 Å². The Kier molecular flexibility index (Phi) is 4.39. The Morgan fingerprint density at radius 2 is 1.48 bits per heavy atom. The zero-order valence-corrected chi connectivity index (χ0v) is 12.6. The monoisotopic (exact) mass is 303 g/mol. The van der Waals surface area contributed by atoms with Gasteiger partial charge in [-0.1, -0.05) is 54.6 Å². The molecule has 0 unspecified atom stereocenters. The summed E-state index contributed by atoms with van der Waals surface area (Å²) in [6, 6.07) is 25.2. The van der Waals surface area contributed by atoms with Crippen molar-refractivity contribution < 1.29 is 9.53 Å². The first-order valence-corrected chi connectivity index (χ1v) is 7.40. The summed E-state index contributed by atoms with van der Waals surface area (Å²) in [4.78, 5) is 11.1. The minimum Gasteiger partial charge on any atom is -0.489 e. The minimum absolute atomic E-state index is 0.439. The van der Waals surface area contributed by atoms with Crippen molar-refractivity contribution in [3.8, 4) is 16.9 Å². The number of carbonyl (C=O) groups excluding carboxylic acids is 1. The molecule has 0 bridgehead atoms. The first kappa shape index (κ1) is 14.9. The van der Waals surface area contributed by atoms with Crippen molar-refractivity contribution in [1.82, 2.24) is 0 Å². The van der Waals surface area contributed by atoms with Crippen molar-refractivity contribution in [3.05, 3.63) is 90.0 Å². The number of carbonyl (C=O) groups is 1. The standard InChI is InChI=1S/C20H17NO2/c21-20(22)16-10-12-18(13-11-16)23-14-17-8-4-5-9-19(17)15-6-2-1-3-7-15/h1-13H,14H2,(H2,21,22). The molecule has 0 spiro atoms. The number of rotatable bonds is 5. The van der Waals surface area contributed by atoms with Crippen molar-refractivity contribution in [2.24, 2.45) is 5.73 Å². The van der Waals surface area contributed by atoms with Crippen LogP contribution in [-0.2, 0) is 6.61 Å². The lowest BCUT2D eigenvalue weighted by molar-refractivity contribution is 0.100. The highest BCUT2D eigenvalue weighted by molar-refractivity contribution is 5.92. The van der Waals surface area contributed by atoms with Crippen LogP contribution in [0.2, 0.25) is 0 Å². The molecular formula is C20H17NO2. The first-order valence-electron chi connectivity index (χ1n) is 7.40. The van der Waals surface area contributed by atoms with Crippen molar-refractivity contribution >= 4 is 5.91 Å². The SMILES string of the molecule is NC(=O)c1ccc(OCc2ccccc2-c2ccccc2)cc1. The number of amides is 1. The van der Waals surface area contributed by atoms with Gasteiger partial charge in [0.1, 0.15) is 12.4 Å². The average molecular weight is 303 g/mol. The van der Waals surface area contributed by atoms with E-state index in [1.165, 1.54) is 0 Å². The number of nitrogens with two attached hydrogens (primary N) is 1. The predicted octanol–water partition coefficient (Wildman–Crippen LogP) is 4.03. The highest BCUT2D eigenvalue weighted by Crippen LogP contribution is 2.24. The zero-order valence-electron chi connectivity index (χ0n) is 12.6. The molecular weight excluding hydrogens is 286 g/mol. The molecule has 1 amide bonds. The van der Waals surface area contributed by atoms with E-state index in [-0.39, 0.29) is 0 Å². The Bertz CT molecular complexity index is 795. The van der Waals surface area contributed by atoms with Gasteiger partial charge in [-0.05, 0) is 41.0 Å². The number of primary amides is 1. The molecule has 0 aliphatic heterocycles. The van der Waals surface area contributed by atoms with Gasteiger partial charge in [-0.25, -0.2) is 0 Å². The van der Waals surface area contributed by atoms with Crippen LogP contribution in [0, 0.1) is 0 Å². The summed E-state index contributed by atoms with van der Waals surface area (Å²) in [5.74, 6) is 0.267. The van der Waals surface area contributed by atoms with E-state index in [9.17, 15) is 4.79 Å². The number of hydrogen-bond acceptors (Lipinski definition) is 2. The quantitative estimate of drug-likeness (QED) is 0.773. The Hall–Kier alpha value is -3.07. The third kappa shape index (κ3) is 3.58. The Balaban J connectivity index is 1.77. The average Bonchev–Trinajstić information content (AvgIpc) is 2.61. The van der Waals surface area contributed by atoms with E-state index in [0.717, 1.165) is 16.7 Å². The van der Waals surface area contributed by atoms with E-state index >= 15 is 0 Å². The lowest BCUT2D eigenvalue weighted by atomic mass is 10.0. The second-order valence-corrected chi connectivity index (χ2v) is 5.20. The number of benzene rings is 3. The van der Waals surface area contributed by atoms with E-state index in [0.29, 0.717) is 17.9 Å². The maximum absolute atomic E-state index is 11.1. The first-order chi connectivity index (χ1) is 11.2. The smallest absolute Gasteiger partial charge is 0.248 e. The fourth-order valence-corrected chi connectivity index (χ4v) is 2.42. The van der Waals surface area contributed by atoms with Crippen LogP contribution in [-0.4, -0.2) is 5.91 Å². The Morgan fingerprint density at radius 1 is 0.826 bits per heavy atom. The summed E-state index contributed by atoms with van der Waals surface area (Å²) in [6.07, 6.45) is 0. The van der Waals surface area contributed by atoms with Crippen LogP contribution in [0.3, 0.4) is 0 Å². The van der Waals surface area contributed by atoms with Crippen molar-refractivity contribution in [2.75, 3.05) is 0 Å². The molecule has 114 valence electrons. The largest absolute Gasteiger partial charge is 0.489 e. The summed E-state index contributed by atoms with van der Waals surface area (Å²) in [7, 11) is 0. The summed E-state index contributed by atoms with van der Waals surface area (Å²) < 4.78 is 5.84. The fraction of sp³-hybridized carbons (Fsp3) is 0.0500. The molecule has 3 heteroatoms. The van der Waals surface area contributed by atoms with Gasteiger partial charge >= 0.3 is 0 Å². The van der Waals surface area contributed by atoms with Gasteiger partial charge < -0.3 is 10.5 Å². The van der Waals surface area contributed by atoms with Gasteiger partial charge in [0.15, 0.2) is 0 Å². The summed E-state index contributed by atoms with van der Waals surface area (Å²) in [5.41, 5.74) is 9.13. The van der Waals surface area contributed by atoms with Crippen LogP contribution in [0.4, 0.5) is 0 Å². The van der Waals surface area contributed by atoms with Crippen LogP contribution >= 0.6 is 0 Å². The van der Waals surface area contributed by atoms with E-state index in [1.807, 2.05) is 30.3 Å². The van der Waals surface area contributed by atoms with E-state index in [2.05, 4.69) is 24.3 Å². The second kappa shape index (κ2) is 6.79. The van der Waals surface area contributed by atoms with Gasteiger partial charge in [-0.15, -0.1) is 0 Å². The lowest BCUT2D eigenvalue weighted by Crippen LogP contribution is -2.10. The van der Waals surface area contributed by atoms with Crippen LogP contribution < -0.4 is 10.5 Å². The van der Waals surface area contributed by atoms with Crippen LogP contribution in [0.1, 0.15) is 15.9 Å². The molecule has 3 rings (SSSR count). The van der Waals surface area contributed by atoms with Gasteiger partial charge in [0.2, 0.25) is 5.91 Å². The lowest BCUT2D eigenvalue weighted by Gasteiger charge is -2.11. The van der Waals surface area contributed by atoms with Crippen molar-refractivity contribution in [1.29, 1.82) is 0 Å². The molecule has 23 heavy (non-hydrogen) atoms. The molecule has 0 heterocycles. The molecule has 0 radical (unpaired) electrons. The van der Waals surface area contributed by atoms with E-state index < -0.39 is 5.91 Å². The normalized spacial score (nSPS) is 10.3. The molecule has 0 fully saturated rings. The molecule has 3 nitrogen and oxygen atoms in total. The van der Waals surface area contributed by atoms with Gasteiger partial charge in [-0.3, -0.25) is 4.79 Å². The predicted molar refractivity (Wildman–Crippen MR) is 91.2 cm³/mol. The number of hydrogen-bond donors (Lipinski definition) is 1. The highest BCUT2D eigenvalue weighted by Gasteiger charge is 2.05. The summed E-state index contributed by atoms with van der Waals surface area (Å²) >= 11 is 0. The Labute approximate surface area is 135 Å². The van der Waals surface area contributed by atoms with E-state index in [4.69, 9.17) is 10.5 Å². The zero-order chi connectivity index (χ0) is 16.1. The van der Waals surface area contributed by atoms with Crippen LogP contribution in [0.5, 0.6) is 5.75 Å². The van der Waals surface area contributed by atoms with Crippen molar-refractivity contribution in [2.45, 2.75) is 6.61 Å². The highest BCUT2D eigenvalue weighted by atomic mass is 16.5. The maximum Gasteiger partial charge on any atom is 0.248 e. The summed E-state index contributed by atoms with van der Waals surface area (Å²) in [5, 5.41) is 0. The van der Waals surface area contributed by atoms with Crippen molar-refractivity contribution in [3.63, 3.8) is 0 Å². The summed E-state index contributed by atoms with van der Waals surface area (Å²) in [6.45, 7) is 0.459. The van der Waals surface area contributed by atoms with Gasteiger partial charge in [0.25, 0.3) is 0 Å². The third-order valence-electron chi connectivity index (χ3n) is 3.64. The number of ether oxygens (including phenoxy) is 1. The molecule has 2 N–H and O–H groups in total. The van der Waals surface area contributed by atoms with Crippen LogP contribution in [0.25, 0.3) is 11.1 Å². The minimum atomic E-state index is -0.439. The van der Waals surface area contributed by atoms with Gasteiger partial charge in [0, 0.05) is 5.56 Å². The topological polar surface area (TPSA) is 52.3 Å². The van der Waals surface area contributed by atoms with Gasteiger partial charge in [-0.2, -0.15) is 0 Å². The molecule has 0 atom stereocenters.